The van der Waals surface area contributed by atoms with Gasteiger partial charge in [-0.25, -0.2) is 9.79 Å². The van der Waals surface area contributed by atoms with Crippen molar-refractivity contribution in [3.05, 3.63) is 57.1 Å². The molecule has 1 aromatic heterocycles. The normalized spacial score (nSPS) is 12.3. The van der Waals surface area contributed by atoms with Gasteiger partial charge in [0.2, 0.25) is 5.96 Å². The van der Waals surface area contributed by atoms with Crippen LogP contribution in [0.5, 0.6) is 0 Å². The number of nitrogens with one attached hydrogen (secondary N) is 1. The van der Waals surface area contributed by atoms with Crippen LogP contribution >= 0.6 is 27.5 Å². The average molecular weight is 399 g/mol. The first-order chi connectivity index (χ1) is 10.9. The van der Waals surface area contributed by atoms with Crippen molar-refractivity contribution in [3.63, 3.8) is 0 Å². The molecular weight excluding hydrogens is 386 g/mol. The highest BCUT2D eigenvalue weighted by molar-refractivity contribution is 9.10. The molecule has 0 fully saturated rings. The Morgan fingerprint density at radius 3 is 2.83 bits per heavy atom. The predicted molar refractivity (Wildman–Crippen MR) is 90.9 cm³/mol. The smallest absolute Gasteiger partial charge is 0.349 e. The molecule has 120 valence electrons. The standard InChI is InChI=1S/C14H13BrClN5O2/c1-8-6-9(15)7-10(16)12(8)19-13(17)20-14(22)18-11-4-2-3-5-21(11)23/h2-7,23H,1H3,(H3,17,19,20,22). The summed E-state index contributed by atoms with van der Waals surface area (Å²) < 4.78 is 1.52. The Hall–Kier alpha value is -2.32. The first-order valence-corrected chi connectivity index (χ1v) is 7.56. The van der Waals surface area contributed by atoms with Gasteiger partial charge in [-0.1, -0.05) is 33.6 Å². The number of nitrogens with two attached hydrogens (primary N) is 1. The SMILES string of the molecule is Cc1cc(Br)cc(Cl)c1N=C(N)NC(=O)N=c1ccccn1O. The van der Waals surface area contributed by atoms with E-state index in [9.17, 15) is 10.0 Å². The van der Waals surface area contributed by atoms with Crippen molar-refractivity contribution in [1.82, 2.24) is 10.0 Å². The van der Waals surface area contributed by atoms with E-state index < -0.39 is 6.03 Å². The Bertz CT molecular complexity index is 824. The molecule has 0 aliphatic heterocycles. The molecule has 0 atom stereocenters. The zero-order chi connectivity index (χ0) is 17.0. The molecule has 0 aliphatic rings. The van der Waals surface area contributed by atoms with E-state index in [1.54, 1.807) is 18.2 Å². The molecule has 2 amide bonds. The molecule has 0 saturated heterocycles. The number of guanidine groups is 1. The summed E-state index contributed by atoms with van der Waals surface area (Å²) in [4.78, 5) is 19.5. The van der Waals surface area contributed by atoms with Gasteiger partial charge in [-0.3, -0.25) is 5.32 Å². The molecule has 0 spiro atoms. The van der Waals surface area contributed by atoms with Crippen LogP contribution in [-0.4, -0.2) is 21.9 Å². The molecule has 0 aliphatic carbocycles. The van der Waals surface area contributed by atoms with E-state index >= 15 is 0 Å². The van der Waals surface area contributed by atoms with Gasteiger partial charge in [0, 0.05) is 10.7 Å². The number of benzene rings is 1. The van der Waals surface area contributed by atoms with Crippen molar-refractivity contribution in [2.75, 3.05) is 0 Å². The fourth-order valence-corrected chi connectivity index (χ4v) is 2.75. The van der Waals surface area contributed by atoms with E-state index in [0.29, 0.717) is 15.4 Å². The number of carbonyl (C=O) groups is 1. The number of hydrogen-bond donors (Lipinski definition) is 3. The van der Waals surface area contributed by atoms with Crippen LogP contribution < -0.4 is 16.5 Å². The highest BCUT2D eigenvalue weighted by Crippen LogP contribution is 2.32. The van der Waals surface area contributed by atoms with Crippen LogP contribution in [0, 0.1) is 6.92 Å². The quantitative estimate of drug-likeness (QED) is 0.391. The number of aryl methyl sites for hydroxylation is 1. The van der Waals surface area contributed by atoms with Gasteiger partial charge in [-0.2, -0.15) is 9.72 Å². The lowest BCUT2D eigenvalue weighted by molar-refractivity contribution is 0.171. The third-order valence-electron chi connectivity index (χ3n) is 2.72. The van der Waals surface area contributed by atoms with Crippen LogP contribution in [-0.2, 0) is 0 Å². The lowest BCUT2D eigenvalue weighted by atomic mass is 10.2. The third-order valence-corrected chi connectivity index (χ3v) is 3.47. The summed E-state index contributed by atoms with van der Waals surface area (Å²) in [5.41, 5.74) is 6.98. The van der Waals surface area contributed by atoms with Gasteiger partial charge in [0.1, 0.15) is 0 Å². The zero-order valence-corrected chi connectivity index (χ0v) is 14.3. The molecule has 1 aromatic carbocycles. The number of nitrogens with zero attached hydrogens (tertiary/aromatic N) is 3. The van der Waals surface area contributed by atoms with Crippen LogP contribution in [0.15, 0.2) is 51.0 Å². The molecule has 4 N–H and O–H groups in total. The molecule has 7 nitrogen and oxygen atoms in total. The predicted octanol–water partition coefficient (Wildman–Crippen LogP) is 2.71. The fraction of sp³-hybridized carbons (Fsp3) is 0.0714. The summed E-state index contributed by atoms with van der Waals surface area (Å²) in [6.45, 7) is 1.81. The molecule has 0 radical (unpaired) electrons. The summed E-state index contributed by atoms with van der Waals surface area (Å²) in [7, 11) is 0. The minimum atomic E-state index is -0.772. The summed E-state index contributed by atoms with van der Waals surface area (Å²) in [6, 6.07) is 7.40. The summed E-state index contributed by atoms with van der Waals surface area (Å²) in [5, 5.41) is 12.2. The minimum Gasteiger partial charge on any atom is -0.427 e. The summed E-state index contributed by atoms with van der Waals surface area (Å²) in [5.74, 6) is -0.161. The molecule has 0 unspecified atom stereocenters. The van der Waals surface area contributed by atoms with E-state index in [-0.39, 0.29) is 11.4 Å². The van der Waals surface area contributed by atoms with Gasteiger partial charge < -0.3 is 10.9 Å². The second kappa shape index (κ2) is 7.30. The van der Waals surface area contributed by atoms with E-state index in [4.69, 9.17) is 17.3 Å². The highest BCUT2D eigenvalue weighted by atomic mass is 79.9. The number of rotatable bonds is 1. The monoisotopic (exact) mass is 397 g/mol. The van der Waals surface area contributed by atoms with E-state index in [2.05, 4.69) is 31.2 Å². The van der Waals surface area contributed by atoms with Gasteiger partial charge in [0.05, 0.1) is 10.7 Å². The highest BCUT2D eigenvalue weighted by Gasteiger charge is 2.07. The molecule has 9 heteroatoms. The van der Waals surface area contributed by atoms with Crippen LogP contribution in [0.1, 0.15) is 5.56 Å². The Morgan fingerprint density at radius 1 is 1.43 bits per heavy atom. The van der Waals surface area contributed by atoms with Crippen LogP contribution in [0.2, 0.25) is 5.02 Å². The number of aliphatic imine (C=N–C) groups is 1. The molecule has 0 saturated carbocycles. The molecular formula is C14H13BrClN5O2. The fourth-order valence-electron chi connectivity index (χ4n) is 1.74. The number of halogens is 2. The topological polar surface area (TPSA) is 105 Å². The molecule has 2 rings (SSSR count). The number of pyridine rings is 1. The molecule has 1 heterocycles. The first kappa shape index (κ1) is 17.0. The Labute approximate surface area is 145 Å². The second-order valence-electron chi connectivity index (χ2n) is 4.50. The van der Waals surface area contributed by atoms with Gasteiger partial charge in [0.25, 0.3) is 0 Å². The summed E-state index contributed by atoms with van der Waals surface area (Å²) in [6.07, 6.45) is 1.34. The van der Waals surface area contributed by atoms with E-state index in [1.807, 2.05) is 13.0 Å². The van der Waals surface area contributed by atoms with Gasteiger partial charge in [0.15, 0.2) is 5.49 Å². The van der Waals surface area contributed by atoms with Crippen molar-refractivity contribution >= 4 is 45.2 Å². The van der Waals surface area contributed by atoms with Crippen LogP contribution in [0.25, 0.3) is 0 Å². The maximum absolute atomic E-state index is 11.8. The van der Waals surface area contributed by atoms with Crippen molar-refractivity contribution in [1.29, 1.82) is 0 Å². The Kier molecular flexibility index (Phi) is 5.41. The Morgan fingerprint density at radius 2 is 2.17 bits per heavy atom. The van der Waals surface area contributed by atoms with Crippen LogP contribution in [0.4, 0.5) is 10.5 Å². The minimum absolute atomic E-state index is 0.0515. The maximum atomic E-state index is 11.8. The molecule has 23 heavy (non-hydrogen) atoms. The molecule has 2 aromatic rings. The second-order valence-corrected chi connectivity index (χ2v) is 5.82. The average Bonchev–Trinajstić information content (AvgIpc) is 2.45. The van der Waals surface area contributed by atoms with Crippen molar-refractivity contribution < 1.29 is 10.0 Å². The van der Waals surface area contributed by atoms with Crippen molar-refractivity contribution in [3.8, 4) is 0 Å². The number of hydrogen-bond acceptors (Lipinski definition) is 3. The van der Waals surface area contributed by atoms with Gasteiger partial charge >= 0.3 is 6.03 Å². The first-order valence-electron chi connectivity index (χ1n) is 6.39. The van der Waals surface area contributed by atoms with Gasteiger partial charge in [-0.05, 0) is 36.8 Å². The summed E-state index contributed by atoms with van der Waals surface area (Å²) >= 11 is 9.42. The lowest BCUT2D eigenvalue weighted by Gasteiger charge is -2.06. The van der Waals surface area contributed by atoms with Crippen LogP contribution in [0.3, 0.4) is 0 Å². The number of urea groups is 1. The number of carbonyl (C=O) groups excluding carboxylic acids is 1. The van der Waals surface area contributed by atoms with E-state index in [1.165, 1.54) is 12.3 Å². The lowest BCUT2D eigenvalue weighted by Crippen LogP contribution is -2.36. The largest absolute Gasteiger partial charge is 0.427 e. The zero-order valence-electron chi connectivity index (χ0n) is 12.0. The van der Waals surface area contributed by atoms with Gasteiger partial charge in [-0.15, -0.1) is 0 Å². The van der Waals surface area contributed by atoms with Crippen molar-refractivity contribution in [2.24, 2.45) is 15.7 Å². The molecule has 0 bridgehead atoms. The maximum Gasteiger partial charge on any atom is 0.349 e. The Balaban J connectivity index is 2.22. The number of amides is 2. The third kappa shape index (κ3) is 4.57. The van der Waals surface area contributed by atoms with E-state index in [0.717, 1.165) is 10.0 Å². The number of aromatic nitrogens is 1. The van der Waals surface area contributed by atoms with Crippen molar-refractivity contribution in [2.45, 2.75) is 6.92 Å².